The van der Waals surface area contributed by atoms with Crippen molar-refractivity contribution < 1.29 is 4.79 Å². The zero-order valence-corrected chi connectivity index (χ0v) is 15.9. The summed E-state index contributed by atoms with van der Waals surface area (Å²) in [6, 6.07) is 7.10. The first-order valence-electron chi connectivity index (χ1n) is 7.00. The summed E-state index contributed by atoms with van der Waals surface area (Å²) in [6.45, 7) is 6.63. The molecule has 1 amide bonds. The van der Waals surface area contributed by atoms with Crippen LogP contribution >= 0.6 is 36.2 Å². The van der Waals surface area contributed by atoms with E-state index in [0.29, 0.717) is 6.54 Å². The second-order valence-electron chi connectivity index (χ2n) is 5.18. The van der Waals surface area contributed by atoms with Gasteiger partial charge in [0.25, 0.3) is 0 Å². The highest BCUT2D eigenvalue weighted by Gasteiger charge is 2.15. The maximum Gasteiger partial charge on any atom is 0.241 e. The fourth-order valence-electron chi connectivity index (χ4n) is 1.97. The van der Waals surface area contributed by atoms with Crippen molar-refractivity contribution >= 4 is 42.1 Å². The molecule has 7 heteroatoms. The third-order valence-corrected chi connectivity index (χ3v) is 4.56. The number of carbonyl (C=O) groups excluding carboxylic acids is 1. The van der Waals surface area contributed by atoms with Gasteiger partial charge in [-0.1, -0.05) is 29.8 Å². The number of nitrogens with two attached hydrogens (primary N) is 1. The van der Waals surface area contributed by atoms with E-state index in [9.17, 15) is 4.79 Å². The maximum absolute atomic E-state index is 12.0. The molecule has 1 atom stereocenters. The van der Waals surface area contributed by atoms with Crippen LogP contribution in [0.15, 0.2) is 24.3 Å². The first-order chi connectivity index (χ1) is 9.97. The summed E-state index contributed by atoms with van der Waals surface area (Å²) >= 11 is 1.68. The van der Waals surface area contributed by atoms with Crippen molar-refractivity contribution in [3.8, 4) is 0 Å². The van der Waals surface area contributed by atoms with E-state index in [1.165, 1.54) is 4.88 Å². The number of hydrogen-bond donors (Lipinski definition) is 2. The lowest BCUT2D eigenvalue weighted by Gasteiger charge is -2.12. The van der Waals surface area contributed by atoms with Gasteiger partial charge in [-0.15, -0.1) is 36.2 Å². The Morgan fingerprint density at radius 2 is 1.83 bits per heavy atom. The maximum atomic E-state index is 12.0. The molecule has 0 fully saturated rings. The van der Waals surface area contributed by atoms with E-state index in [4.69, 9.17) is 5.73 Å². The van der Waals surface area contributed by atoms with E-state index in [-0.39, 0.29) is 30.7 Å². The summed E-state index contributed by atoms with van der Waals surface area (Å²) in [4.78, 5) is 17.7. The lowest BCUT2D eigenvalue weighted by molar-refractivity contribution is -0.122. The number of hydrogen-bond acceptors (Lipinski definition) is 4. The molecule has 23 heavy (non-hydrogen) atoms. The minimum Gasteiger partial charge on any atom is -0.354 e. The number of rotatable bonds is 5. The molecular weight excluding hydrogens is 353 g/mol. The molecule has 0 spiro atoms. The first-order valence-corrected chi connectivity index (χ1v) is 7.82. The van der Waals surface area contributed by atoms with Gasteiger partial charge in [-0.3, -0.25) is 4.79 Å². The van der Waals surface area contributed by atoms with Crippen LogP contribution < -0.4 is 11.1 Å². The summed E-state index contributed by atoms with van der Waals surface area (Å²) < 4.78 is 0. The molecule has 1 aromatic carbocycles. The van der Waals surface area contributed by atoms with Crippen molar-refractivity contribution in [2.75, 3.05) is 6.54 Å². The van der Waals surface area contributed by atoms with E-state index in [1.54, 1.807) is 11.3 Å². The number of benzene rings is 1. The van der Waals surface area contributed by atoms with Crippen LogP contribution in [0.5, 0.6) is 0 Å². The smallest absolute Gasteiger partial charge is 0.241 e. The normalized spacial score (nSPS) is 11.1. The van der Waals surface area contributed by atoms with Gasteiger partial charge in [0.15, 0.2) is 0 Å². The van der Waals surface area contributed by atoms with Crippen molar-refractivity contribution in [3.05, 3.63) is 51.0 Å². The Kier molecular flexibility index (Phi) is 9.39. The van der Waals surface area contributed by atoms with Crippen LogP contribution in [-0.4, -0.2) is 17.4 Å². The number of halogens is 2. The predicted molar refractivity (Wildman–Crippen MR) is 101 cm³/mol. The third-order valence-electron chi connectivity index (χ3n) is 3.43. The van der Waals surface area contributed by atoms with Crippen LogP contribution in [0.25, 0.3) is 0 Å². The Hall–Kier alpha value is -1.14. The second kappa shape index (κ2) is 9.88. The number of nitrogens with one attached hydrogen (secondary N) is 1. The van der Waals surface area contributed by atoms with Gasteiger partial charge < -0.3 is 11.1 Å². The fraction of sp³-hybridized carbons (Fsp3) is 0.375. The van der Waals surface area contributed by atoms with E-state index >= 15 is 0 Å². The van der Waals surface area contributed by atoms with Crippen LogP contribution in [-0.2, 0) is 11.2 Å². The number of carbonyl (C=O) groups is 1. The third kappa shape index (κ3) is 6.11. The summed E-state index contributed by atoms with van der Waals surface area (Å²) in [5.74, 6) is -0.149. The largest absolute Gasteiger partial charge is 0.354 e. The number of nitrogens with zero attached hydrogens (tertiary/aromatic N) is 1. The molecule has 1 heterocycles. The Morgan fingerprint density at radius 3 is 2.35 bits per heavy atom. The van der Waals surface area contributed by atoms with Crippen molar-refractivity contribution in [1.82, 2.24) is 10.3 Å². The molecule has 0 aliphatic rings. The van der Waals surface area contributed by atoms with Crippen LogP contribution in [0.2, 0.25) is 0 Å². The van der Waals surface area contributed by atoms with Gasteiger partial charge in [-0.2, -0.15) is 0 Å². The van der Waals surface area contributed by atoms with Gasteiger partial charge in [0.05, 0.1) is 10.7 Å². The Labute approximate surface area is 153 Å². The first kappa shape index (κ1) is 21.9. The molecule has 0 saturated carbocycles. The van der Waals surface area contributed by atoms with Crippen molar-refractivity contribution in [1.29, 1.82) is 0 Å². The Morgan fingerprint density at radius 1 is 1.22 bits per heavy atom. The SMILES string of the molecule is Cc1ccc(C(N)C(=O)NCCc2nc(C)c(C)s2)cc1.Cl.Cl. The van der Waals surface area contributed by atoms with Crippen molar-refractivity contribution in [2.24, 2.45) is 5.73 Å². The van der Waals surface area contributed by atoms with Gasteiger partial charge in [-0.25, -0.2) is 4.98 Å². The number of aryl methyl sites for hydroxylation is 3. The minimum absolute atomic E-state index is 0. The quantitative estimate of drug-likeness (QED) is 0.842. The molecule has 1 unspecified atom stereocenters. The average Bonchev–Trinajstić information content (AvgIpc) is 2.77. The minimum atomic E-state index is -0.620. The predicted octanol–water partition coefficient (Wildman–Crippen LogP) is 3.27. The highest BCUT2D eigenvalue weighted by molar-refractivity contribution is 7.11. The molecule has 0 aliphatic carbocycles. The molecule has 0 bridgehead atoms. The lowest BCUT2D eigenvalue weighted by Crippen LogP contribution is -2.35. The summed E-state index contributed by atoms with van der Waals surface area (Å²) in [5.41, 5.74) is 9.02. The molecule has 4 nitrogen and oxygen atoms in total. The van der Waals surface area contributed by atoms with Gasteiger partial charge in [0, 0.05) is 17.8 Å². The lowest BCUT2D eigenvalue weighted by atomic mass is 10.1. The van der Waals surface area contributed by atoms with Crippen LogP contribution in [0.1, 0.15) is 32.7 Å². The molecule has 1 aromatic heterocycles. The van der Waals surface area contributed by atoms with Gasteiger partial charge in [-0.05, 0) is 26.3 Å². The highest BCUT2D eigenvalue weighted by atomic mass is 35.5. The number of thiazole rings is 1. The van der Waals surface area contributed by atoms with Crippen LogP contribution in [0.3, 0.4) is 0 Å². The molecule has 2 rings (SSSR count). The van der Waals surface area contributed by atoms with Gasteiger partial charge in [0.1, 0.15) is 6.04 Å². The van der Waals surface area contributed by atoms with Crippen molar-refractivity contribution in [3.63, 3.8) is 0 Å². The van der Waals surface area contributed by atoms with Gasteiger partial charge >= 0.3 is 0 Å². The molecule has 3 N–H and O–H groups in total. The standard InChI is InChI=1S/C16H21N3OS.2ClH/c1-10-4-6-13(7-5-10)15(17)16(20)18-9-8-14-19-11(2)12(3)21-14;;/h4-7,15H,8-9,17H2,1-3H3,(H,18,20);2*1H. The zero-order chi connectivity index (χ0) is 15.4. The molecular formula is C16H23Cl2N3OS. The molecule has 2 aromatic rings. The Bertz CT molecular complexity index is 609. The van der Waals surface area contributed by atoms with Crippen LogP contribution in [0, 0.1) is 20.8 Å². The highest BCUT2D eigenvalue weighted by Crippen LogP contribution is 2.16. The summed E-state index contributed by atoms with van der Waals surface area (Å²) in [7, 11) is 0. The monoisotopic (exact) mass is 375 g/mol. The molecule has 0 saturated heterocycles. The second-order valence-corrected chi connectivity index (χ2v) is 6.47. The summed E-state index contributed by atoms with van der Waals surface area (Å²) in [6.07, 6.45) is 0.742. The van der Waals surface area contributed by atoms with E-state index in [1.807, 2.05) is 38.1 Å². The topological polar surface area (TPSA) is 68.0 Å². The van der Waals surface area contributed by atoms with E-state index in [0.717, 1.165) is 28.2 Å². The van der Waals surface area contributed by atoms with Gasteiger partial charge in [0.2, 0.25) is 5.91 Å². The fourth-order valence-corrected chi connectivity index (χ4v) is 2.91. The van der Waals surface area contributed by atoms with E-state index < -0.39 is 6.04 Å². The van der Waals surface area contributed by atoms with Crippen molar-refractivity contribution in [2.45, 2.75) is 33.2 Å². The number of amides is 1. The van der Waals surface area contributed by atoms with E-state index in [2.05, 4.69) is 17.2 Å². The molecule has 0 aliphatic heterocycles. The average molecular weight is 376 g/mol. The zero-order valence-electron chi connectivity index (χ0n) is 13.5. The molecule has 0 radical (unpaired) electrons. The Balaban J connectivity index is 0.00000242. The summed E-state index contributed by atoms with van der Waals surface area (Å²) in [5, 5.41) is 3.93. The number of aromatic nitrogens is 1. The molecule has 128 valence electrons. The van der Waals surface area contributed by atoms with Crippen LogP contribution in [0.4, 0.5) is 0 Å².